The van der Waals surface area contributed by atoms with Gasteiger partial charge in [-0.05, 0) is 36.6 Å². The van der Waals surface area contributed by atoms with E-state index < -0.39 is 5.97 Å². The van der Waals surface area contributed by atoms with Crippen molar-refractivity contribution >= 4 is 17.6 Å². The maximum Gasteiger partial charge on any atom is 0.339 e. The Morgan fingerprint density at radius 1 is 1.13 bits per heavy atom. The number of anilines is 1. The molecule has 0 saturated heterocycles. The number of carbonyl (C=O) groups is 2. The van der Waals surface area contributed by atoms with Crippen LogP contribution in [0.1, 0.15) is 42.5 Å². The standard InChI is InChI=1S/C23H29N3O4/c1-25(2)19-11-9-16(10-12-19)20-13-17(23(29)30-3)14-26(22(20)28)15-21(27)24-18-7-5-4-6-8-18/h9-14,18H,4-8,15H2,1-3H3,(H,24,27). The van der Waals surface area contributed by atoms with E-state index in [9.17, 15) is 14.4 Å². The van der Waals surface area contributed by atoms with Gasteiger partial charge >= 0.3 is 5.97 Å². The molecule has 1 N–H and O–H groups in total. The molecular formula is C23H29N3O4. The molecule has 1 fully saturated rings. The number of ether oxygens (including phenoxy) is 1. The molecule has 7 heteroatoms. The first-order chi connectivity index (χ1) is 14.4. The zero-order chi connectivity index (χ0) is 21.7. The molecular weight excluding hydrogens is 382 g/mol. The summed E-state index contributed by atoms with van der Waals surface area (Å²) in [5.74, 6) is -0.775. The Kier molecular flexibility index (Phi) is 6.92. The normalized spacial score (nSPS) is 14.2. The molecule has 160 valence electrons. The van der Waals surface area contributed by atoms with Crippen molar-refractivity contribution in [3.63, 3.8) is 0 Å². The molecule has 1 aromatic heterocycles. The predicted molar refractivity (Wildman–Crippen MR) is 117 cm³/mol. The van der Waals surface area contributed by atoms with Gasteiger partial charge < -0.3 is 19.5 Å². The van der Waals surface area contributed by atoms with Crippen LogP contribution in [0.25, 0.3) is 11.1 Å². The SMILES string of the molecule is COC(=O)c1cc(-c2ccc(N(C)C)cc2)c(=O)n(CC(=O)NC2CCCCC2)c1. The third-order valence-corrected chi connectivity index (χ3v) is 5.49. The quantitative estimate of drug-likeness (QED) is 0.740. The Labute approximate surface area is 176 Å². The van der Waals surface area contributed by atoms with Crippen molar-refractivity contribution in [2.24, 2.45) is 0 Å². The highest BCUT2D eigenvalue weighted by Crippen LogP contribution is 2.21. The number of amides is 1. The Balaban J connectivity index is 1.92. The maximum absolute atomic E-state index is 13.1. The number of nitrogens with zero attached hydrogens (tertiary/aromatic N) is 2. The number of aromatic nitrogens is 1. The summed E-state index contributed by atoms with van der Waals surface area (Å²) in [7, 11) is 5.16. The highest BCUT2D eigenvalue weighted by atomic mass is 16.5. The molecule has 0 unspecified atom stereocenters. The first-order valence-corrected chi connectivity index (χ1v) is 10.3. The van der Waals surface area contributed by atoms with Gasteiger partial charge in [0.05, 0.1) is 12.7 Å². The number of methoxy groups -OCH3 is 1. The number of hydrogen-bond acceptors (Lipinski definition) is 5. The molecule has 0 bridgehead atoms. The second kappa shape index (κ2) is 9.61. The number of rotatable bonds is 6. The lowest BCUT2D eigenvalue weighted by Gasteiger charge is -2.23. The molecule has 30 heavy (non-hydrogen) atoms. The lowest BCUT2D eigenvalue weighted by Crippen LogP contribution is -2.40. The van der Waals surface area contributed by atoms with Crippen molar-refractivity contribution in [1.82, 2.24) is 9.88 Å². The summed E-state index contributed by atoms with van der Waals surface area (Å²) in [6.45, 7) is -0.136. The highest BCUT2D eigenvalue weighted by Gasteiger charge is 2.19. The van der Waals surface area contributed by atoms with E-state index in [2.05, 4.69) is 5.32 Å². The molecule has 1 amide bonds. The highest BCUT2D eigenvalue weighted by molar-refractivity contribution is 5.90. The molecule has 0 atom stereocenters. The molecule has 7 nitrogen and oxygen atoms in total. The average molecular weight is 412 g/mol. The van der Waals surface area contributed by atoms with Gasteiger partial charge in [0.2, 0.25) is 5.91 Å². The molecule has 1 aliphatic carbocycles. The first kappa shape index (κ1) is 21.6. The molecule has 0 radical (unpaired) electrons. The van der Waals surface area contributed by atoms with Gasteiger partial charge in [-0.1, -0.05) is 31.4 Å². The molecule has 1 heterocycles. The smallest absolute Gasteiger partial charge is 0.339 e. The van der Waals surface area contributed by atoms with E-state index in [-0.39, 0.29) is 29.6 Å². The van der Waals surface area contributed by atoms with Crippen molar-refractivity contribution < 1.29 is 14.3 Å². The molecule has 3 rings (SSSR count). The average Bonchev–Trinajstić information content (AvgIpc) is 2.75. The van der Waals surface area contributed by atoms with E-state index in [0.717, 1.165) is 31.4 Å². The predicted octanol–water partition coefficient (Wildman–Crippen LogP) is 2.82. The molecule has 2 aromatic rings. The Hall–Kier alpha value is -3.09. The van der Waals surface area contributed by atoms with E-state index >= 15 is 0 Å². The van der Waals surface area contributed by atoms with Gasteiger partial charge in [-0.2, -0.15) is 0 Å². The van der Waals surface area contributed by atoms with Crippen molar-refractivity contribution in [1.29, 1.82) is 0 Å². The minimum Gasteiger partial charge on any atom is -0.465 e. The van der Waals surface area contributed by atoms with Gasteiger partial charge in [-0.15, -0.1) is 0 Å². The van der Waals surface area contributed by atoms with Crippen LogP contribution in [0.3, 0.4) is 0 Å². The second-order valence-electron chi connectivity index (χ2n) is 7.91. The van der Waals surface area contributed by atoms with Crippen LogP contribution in [0.5, 0.6) is 0 Å². The summed E-state index contributed by atoms with van der Waals surface area (Å²) in [4.78, 5) is 39.8. The van der Waals surface area contributed by atoms with Crippen molar-refractivity contribution in [3.8, 4) is 11.1 Å². The van der Waals surface area contributed by atoms with E-state index in [4.69, 9.17) is 4.74 Å². The van der Waals surface area contributed by atoms with Gasteiger partial charge in [0.25, 0.3) is 5.56 Å². The van der Waals surface area contributed by atoms with E-state index in [1.165, 1.54) is 30.4 Å². The Bertz CT molecular complexity index is 957. The Morgan fingerprint density at radius 2 is 1.80 bits per heavy atom. The maximum atomic E-state index is 13.1. The first-order valence-electron chi connectivity index (χ1n) is 10.3. The van der Waals surface area contributed by atoms with Crippen molar-refractivity contribution in [3.05, 3.63) is 52.4 Å². The van der Waals surface area contributed by atoms with Gasteiger partial charge in [-0.25, -0.2) is 4.79 Å². The van der Waals surface area contributed by atoms with Gasteiger partial charge in [0.15, 0.2) is 0 Å². The fraction of sp³-hybridized carbons (Fsp3) is 0.435. The lowest BCUT2D eigenvalue weighted by molar-refractivity contribution is -0.122. The van der Waals surface area contributed by atoms with Crippen LogP contribution in [0.2, 0.25) is 0 Å². The topological polar surface area (TPSA) is 80.6 Å². The van der Waals surface area contributed by atoms with Crippen LogP contribution in [0.4, 0.5) is 5.69 Å². The number of pyridine rings is 1. The van der Waals surface area contributed by atoms with Gasteiger partial charge in [0.1, 0.15) is 6.54 Å². The zero-order valence-electron chi connectivity index (χ0n) is 17.8. The number of hydrogen-bond donors (Lipinski definition) is 1. The minimum atomic E-state index is -0.553. The molecule has 1 aliphatic rings. The van der Waals surface area contributed by atoms with Crippen molar-refractivity contribution in [2.45, 2.75) is 44.7 Å². The number of esters is 1. The third kappa shape index (κ3) is 5.09. The Morgan fingerprint density at radius 3 is 2.40 bits per heavy atom. The number of benzene rings is 1. The van der Waals surface area contributed by atoms with Gasteiger partial charge in [0, 0.05) is 37.6 Å². The largest absolute Gasteiger partial charge is 0.465 e. The summed E-state index contributed by atoms with van der Waals surface area (Å²) >= 11 is 0. The molecule has 1 aromatic carbocycles. The van der Waals surface area contributed by atoms with Crippen LogP contribution in [0.15, 0.2) is 41.3 Å². The summed E-state index contributed by atoms with van der Waals surface area (Å²) < 4.78 is 6.13. The number of carbonyl (C=O) groups excluding carboxylic acids is 2. The third-order valence-electron chi connectivity index (χ3n) is 5.49. The van der Waals surface area contributed by atoms with Crippen molar-refractivity contribution in [2.75, 3.05) is 26.1 Å². The molecule has 1 saturated carbocycles. The summed E-state index contributed by atoms with van der Waals surface area (Å²) in [5, 5.41) is 3.02. The minimum absolute atomic E-state index is 0.136. The van der Waals surface area contributed by atoms with Crippen LogP contribution in [-0.2, 0) is 16.1 Å². The summed E-state index contributed by atoms with van der Waals surface area (Å²) in [6, 6.07) is 9.15. The molecule has 0 aliphatic heterocycles. The van der Waals surface area contributed by atoms with Crippen LogP contribution in [0, 0.1) is 0 Å². The van der Waals surface area contributed by atoms with E-state index in [1.54, 1.807) is 0 Å². The fourth-order valence-corrected chi connectivity index (χ4v) is 3.80. The lowest BCUT2D eigenvalue weighted by atomic mass is 9.95. The van der Waals surface area contributed by atoms with E-state index in [1.807, 2.05) is 43.3 Å². The number of nitrogens with one attached hydrogen (secondary N) is 1. The zero-order valence-corrected chi connectivity index (χ0v) is 17.8. The van der Waals surface area contributed by atoms with Crippen LogP contribution in [-0.4, -0.2) is 43.7 Å². The fourth-order valence-electron chi connectivity index (χ4n) is 3.80. The summed E-state index contributed by atoms with van der Waals surface area (Å²) in [5.41, 5.74) is 1.94. The van der Waals surface area contributed by atoms with Crippen LogP contribution >= 0.6 is 0 Å². The monoisotopic (exact) mass is 411 g/mol. The molecule has 0 spiro atoms. The van der Waals surface area contributed by atoms with Crippen LogP contribution < -0.4 is 15.8 Å². The van der Waals surface area contributed by atoms with Gasteiger partial charge in [-0.3, -0.25) is 9.59 Å². The van der Waals surface area contributed by atoms with E-state index in [0.29, 0.717) is 11.1 Å². The second-order valence-corrected chi connectivity index (χ2v) is 7.91. The summed E-state index contributed by atoms with van der Waals surface area (Å²) in [6.07, 6.45) is 6.74.